The van der Waals surface area contributed by atoms with Gasteiger partial charge in [0.05, 0.1) is 35.8 Å². The molecular weight excluding hydrogens is 458 g/mol. The molecule has 6 nitrogen and oxygen atoms in total. The highest BCUT2D eigenvalue weighted by atomic mass is 35.5. The summed E-state index contributed by atoms with van der Waals surface area (Å²) in [7, 11) is 1.74. The van der Waals surface area contributed by atoms with Gasteiger partial charge >= 0.3 is 0 Å². The van der Waals surface area contributed by atoms with Crippen LogP contribution in [0.15, 0.2) is 94.4 Å². The number of hydrogen-bond acceptors (Lipinski definition) is 5. The first-order chi connectivity index (χ1) is 16.8. The normalized spacial score (nSPS) is 22.5. The molecule has 1 unspecified atom stereocenters. The van der Waals surface area contributed by atoms with Crippen LogP contribution in [0.2, 0.25) is 0 Å². The van der Waals surface area contributed by atoms with Crippen molar-refractivity contribution in [3.05, 3.63) is 90.0 Å². The number of methoxy groups -OCH3 is 1. The molecule has 2 aliphatic heterocycles. The van der Waals surface area contributed by atoms with E-state index in [-0.39, 0.29) is 12.4 Å². The van der Waals surface area contributed by atoms with Gasteiger partial charge in [0, 0.05) is 36.6 Å². The molecule has 0 amide bonds. The molecule has 1 fully saturated rings. The van der Waals surface area contributed by atoms with E-state index in [4.69, 9.17) is 14.7 Å². The number of nitrogens with zero attached hydrogens (tertiary/aromatic N) is 3. The van der Waals surface area contributed by atoms with Gasteiger partial charge in [-0.15, -0.1) is 0 Å². The monoisotopic (exact) mass is 485 g/mol. The summed E-state index contributed by atoms with van der Waals surface area (Å²) >= 11 is 0. The van der Waals surface area contributed by atoms with Crippen LogP contribution in [0.25, 0.3) is 22.2 Å². The number of allylic oxidation sites excluding steroid dienone is 2. The Bertz CT molecular complexity index is 1340. The Morgan fingerprint density at radius 3 is 2.69 bits per heavy atom. The lowest BCUT2D eigenvalue weighted by molar-refractivity contribution is -0.689. The van der Waals surface area contributed by atoms with Crippen molar-refractivity contribution in [2.45, 2.75) is 18.9 Å². The van der Waals surface area contributed by atoms with Crippen molar-refractivity contribution in [3.8, 4) is 11.3 Å². The van der Waals surface area contributed by atoms with Gasteiger partial charge in [-0.3, -0.25) is 4.99 Å². The first kappa shape index (κ1) is 23.6. The first-order valence-corrected chi connectivity index (χ1v) is 11.9. The predicted molar refractivity (Wildman–Crippen MR) is 136 cm³/mol. The van der Waals surface area contributed by atoms with Gasteiger partial charge in [0.2, 0.25) is 5.84 Å². The summed E-state index contributed by atoms with van der Waals surface area (Å²) in [6.45, 7) is 1.64. The molecule has 1 atom stereocenters. The Morgan fingerprint density at radius 2 is 1.86 bits per heavy atom. The lowest BCUT2D eigenvalue weighted by Gasteiger charge is -2.35. The summed E-state index contributed by atoms with van der Waals surface area (Å²) in [5, 5.41) is 4.70. The standard InChI is InChI=1S/C28H27N5O.ClH/c1-34-14-12-30-23-15-22(16-23)27-26-18-29-11-13-33(26)28(32-27)21-8-7-20-9-10-24(31-25(20)17-21)19-5-3-2-4-6-19;/h2-11,13,17-18,22-23,30H,12,14-16H2,1H3;1H. The van der Waals surface area contributed by atoms with E-state index >= 15 is 0 Å². The molecule has 1 saturated carbocycles. The fourth-order valence-corrected chi connectivity index (χ4v) is 4.98. The average Bonchev–Trinajstić information content (AvgIpc) is 3.24. The number of rotatable bonds is 7. The van der Waals surface area contributed by atoms with E-state index in [2.05, 4.69) is 59.0 Å². The summed E-state index contributed by atoms with van der Waals surface area (Å²) in [6, 6.07) is 21.6. The Labute approximate surface area is 211 Å². The summed E-state index contributed by atoms with van der Waals surface area (Å²) in [5.74, 6) is 1.49. The third kappa shape index (κ3) is 4.58. The summed E-state index contributed by atoms with van der Waals surface area (Å²) in [6.07, 6.45) is 8.12. The number of aliphatic imine (C=N–C) groups is 2. The number of nitrogens with one attached hydrogen (secondary N) is 2. The third-order valence-electron chi connectivity index (χ3n) is 6.88. The van der Waals surface area contributed by atoms with Crippen molar-refractivity contribution in [2.24, 2.45) is 15.9 Å². The molecule has 7 heteroatoms. The van der Waals surface area contributed by atoms with Crippen molar-refractivity contribution in [3.63, 3.8) is 0 Å². The minimum atomic E-state index is 0. The summed E-state index contributed by atoms with van der Waals surface area (Å²) in [4.78, 5) is 15.7. The maximum absolute atomic E-state index is 5.18. The van der Waals surface area contributed by atoms with Crippen LogP contribution < -0.4 is 22.6 Å². The quantitative estimate of drug-likeness (QED) is 0.474. The van der Waals surface area contributed by atoms with Crippen LogP contribution in [-0.2, 0) is 4.74 Å². The van der Waals surface area contributed by atoms with E-state index in [1.807, 2.05) is 30.6 Å². The minimum Gasteiger partial charge on any atom is -1.00 e. The molecule has 0 spiro atoms. The van der Waals surface area contributed by atoms with Crippen molar-refractivity contribution in [1.29, 1.82) is 0 Å². The Balaban J connectivity index is 0.00000253. The molecule has 1 aliphatic carbocycles. The number of amidine groups is 1. The molecule has 6 rings (SSSR count). The molecule has 1 aromatic heterocycles. The zero-order chi connectivity index (χ0) is 22.9. The SMILES string of the molecule is COCCNC1CC(C2=C3C=NC=C[NH+]3C(c3ccc4ccc(-c5ccccc5)nc4c3)=N2)C1.[Cl-]. The third-order valence-corrected chi connectivity index (χ3v) is 6.88. The van der Waals surface area contributed by atoms with E-state index in [1.165, 1.54) is 16.3 Å². The van der Waals surface area contributed by atoms with Crippen LogP contribution in [0.3, 0.4) is 0 Å². The van der Waals surface area contributed by atoms with E-state index in [9.17, 15) is 0 Å². The van der Waals surface area contributed by atoms with Gasteiger partial charge in [0.25, 0.3) is 0 Å². The fourth-order valence-electron chi connectivity index (χ4n) is 4.98. The zero-order valence-corrected chi connectivity index (χ0v) is 20.4. The minimum absolute atomic E-state index is 0. The highest BCUT2D eigenvalue weighted by Crippen LogP contribution is 2.36. The lowest BCUT2D eigenvalue weighted by atomic mass is 9.77. The second kappa shape index (κ2) is 10.2. The topological polar surface area (TPSA) is 63.3 Å². The van der Waals surface area contributed by atoms with Gasteiger partial charge in [-0.25, -0.2) is 9.88 Å². The fraction of sp³-hybridized carbons (Fsp3) is 0.250. The molecule has 3 heterocycles. The van der Waals surface area contributed by atoms with Crippen LogP contribution in [-0.4, -0.2) is 43.3 Å². The zero-order valence-electron chi connectivity index (χ0n) is 19.6. The summed E-state index contributed by atoms with van der Waals surface area (Å²) in [5.41, 5.74) is 6.53. The molecule has 3 aliphatic rings. The smallest absolute Gasteiger partial charge is 0.243 e. The molecular formula is C28H28ClN5O. The van der Waals surface area contributed by atoms with E-state index in [1.54, 1.807) is 7.11 Å². The first-order valence-electron chi connectivity index (χ1n) is 11.9. The number of hydrogen-bond donors (Lipinski definition) is 2. The van der Waals surface area contributed by atoms with Crippen LogP contribution in [0.4, 0.5) is 0 Å². The Morgan fingerprint density at radius 1 is 1.03 bits per heavy atom. The van der Waals surface area contributed by atoms with Gasteiger partial charge in [0.15, 0.2) is 5.70 Å². The molecule has 0 radical (unpaired) electrons. The van der Waals surface area contributed by atoms with Gasteiger partial charge in [-0.05, 0) is 31.0 Å². The Hall–Kier alpha value is -3.16. The molecule has 0 saturated heterocycles. The lowest BCUT2D eigenvalue weighted by Crippen LogP contribution is -3.08. The highest BCUT2D eigenvalue weighted by Gasteiger charge is 2.41. The Kier molecular flexibility index (Phi) is 6.88. The molecule has 178 valence electrons. The van der Waals surface area contributed by atoms with Crippen molar-refractivity contribution >= 4 is 23.0 Å². The van der Waals surface area contributed by atoms with Gasteiger partial charge in [-0.1, -0.05) is 42.5 Å². The maximum atomic E-state index is 5.18. The van der Waals surface area contributed by atoms with Crippen molar-refractivity contribution in [2.75, 3.05) is 20.3 Å². The number of benzene rings is 2. The largest absolute Gasteiger partial charge is 1.00 e. The van der Waals surface area contributed by atoms with Gasteiger partial charge < -0.3 is 22.5 Å². The van der Waals surface area contributed by atoms with Crippen molar-refractivity contribution in [1.82, 2.24) is 10.3 Å². The van der Waals surface area contributed by atoms with Crippen molar-refractivity contribution < 1.29 is 22.0 Å². The van der Waals surface area contributed by atoms with Gasteiger partial charge in [0.1, 0.15) is 11.9 Å². The van der Waals surface area contributed by atoms with E-state index in [0.717, 1.165) is 59.6 Å². The number of pyridine rings is 1. The number of halogens is 1. The van der Waals surface area contributed by atoms with E-state index < -0.39 is 0 Å². The number of quaternary nitrogens is 1. The summed E-state index contributed by atoms with van der Waals surface area (Å²) < 4.78 is 5.16. The molecule has 3 aromatic rings. The predicted octanol–water partition coefficient (Wildman–Crippen LogP) is 0.333. The molecule has 0 bridgehead atoms. The van der Waals surface area contributed by atoms with Crippen LogP contribution in [0.5, 0.6) is 0 Å². The average molecular weight is 486 g/mol. The number of ether oxygens (including phenoxy) is 1. The maximum Gasteiger partial charge on any atom is 0.243 e. The van der Waals surface area contributed by atoms with E-state index in [0.29, 0.717) is 12.0 Å². The second-order valence-electron chi connectivity index (χ2n) is 9.05. The number of aromatic nitrogens is 1. The second-order valence-corrected chi connectivity index (χ2v) is 9.05. The highest BCUT2D eigenvalue weighted by molar-refractivity contribution is 6.01. The molecule has 2 aromatic carbocycles. The van der Waals surface area contributed by atoms with Crippen LogP contribution in [0, 0.1) is 5.92 Å². The molecule has 35 heavy (non-hydrogen) atoms. The van der Waals surface area contributed by atoms with Crippen LogP contribution >= 0.6 is 0 Å². The molecule has 2 N–H and O–H groups in total. The van der Waals surface area contributed by atoms with Crippen LogP contribution in [0.1, 0.15) is 18.4 Å². The van der Waals surface area contributed by atoms with Gasteiger partial charge in [-0.2, -0.15) is 4.99 Å². The number of fused-ring (bicyclic) bond motifs is 2.